The molecule has 24 heavy (non-hydrogen) atoms. The summed E-state index contributed by atoms with van der Waals surface area (Å²) in [6.07, 6.45) is 3.98. The molecule has 0 atom stereocenters. The number of fused-ring (bicyclic) bond motifs is 1. The van der Waals surface area contributed by atoms with Gasteiger partial charge < -0.3 is 4.57 Å². The van der Waals surface area contributed by atoms with Gasteiger partial charge in [-0.15, -0.1) is 6.58 Å². The van der Waals surface area contributed by atoms with Crippen molar-refractivity contribution >= 4 is 22.8 Å². The Bertz CT molecular complexity index is 1010. The number of rotatable bonds is 5. The molecule has 3 rings (SSSR count). The van der Waals surface area contributed by atoms with Crippen molar-refractivity contribution in [2.45, 2.75) is 26.4 Å². The fourth-order valence-electron chi connectivity index (χ4n) is 2.70. The Morgan fingerprint density at radius 2 is 1.96 bits per heavy atom. The summed E-state index contributed by atoms with van der Waals surface area (Å²) in [6, 6.07) is 6.85. The highest BCUT2D eigenvalue weighted by molar-refractivity contribution is 6.30. The lowest BCUT2D eigenvalue weighted by molar-refractivity contribution is 0.669. The third-order valence-corrected chi connectivity index (χ3v) is 4.01. The van der Waals surface area contributed by atoms with Crippen LogP contribution in [0.3, 0.4) is 0 Å². The number of aromatic nitrogens is 4. The summed E-state index contributed by atoms with van der Waals surface area (Å²) in [7, 11) is 0. The standard InChI is InChI=1S/C17H17ClN4O2/c1-3-9-20-11-19-15-14(20)16(23)21(10-4-2)17(24)22(15)13-7-5-12(18)6-8-13/h4-8,11H,2-3,9-10H2,1H3. The topological polar surface area (TPSA) is 61.8 Å². The van der Waals surface area contributed by atoms with Gasteiger partial charge in [0, 0.05) is 18.1 Å². The molecule has 0 aliphatic carbocycles. The van der Waals surface area contributed by atoms with Crippen LogP contribution >= 0.6 is 11.6 Å². The third-order valence-electron chi connectivity index (χ3n) is 3.76. The van der Waals surface area contributed by atoms with Gasteiger partial charge >= 0.3 is 5.69 Å². The predicted octanol–water partition coefficient (Wildman–Crippen LogP) is 2.60. The number of imidazole rings is 1. The van der Waals surface area contributed by atoms with Gasteiger partial charge in [0.2, 0.25) is 0 Å². The van der Waals surface area contributed by atoms with Crippen LogP contribution in [0.5, 0.6) is 0 Å². The van der Waals surface area contributed by atoms with E-state index in [1.807, 2.05) is 6.92 Å². The highest BCUT2D eigenvalue weighted by Crippen LogP contribution is 2.16. The Balaban J connectivity index is 2.43. The second-order valence-corrected chi connectivity index (χ2v) is 5.85. The second-order valence-electron chi connectivity index (χ2n) is 5.41. The first-order valence-electron chi connectivity index (χ1n) is 7.66. The Kier molecular flexibility index (Phi) is 4.40. The van der Waals surface area contributed by atoms with Crippen molar-refractivity contribution in [2.24, 2.45) is 0 Å². The third kappa shape index (κ3) is 2.59. The van der Waals surface area contributed by atoms with Gasteiger partial charge in [-0.3, -0.25) is 9.36 Å². The van der Waals surface area contributed by atoms with Gasteiger partial charge in [-0.1, -0.05) is 24.6 Å². The van der Waals surface area contributed by atoms with E-state index in [4.69, 9.17) is 11.6 Å². The van der Waals surface area contributed by atoms with Crippen LogP contribution in [0.2, 0.25) is 5.02 Å². The Labute approximate surface area is 143 Å². The molecule has 0 bridgehead atoms. The zero-order chi connectivity index (χ0) is 17.3. The fraction of sp³-hybridized carbons (Fsp3) is 0.235. The minimum atomic E-state index is -0.448. The van der Waals surface area contributed by atoms with E-state index >= 15 is 0 Å². The molecule has 0 saturated heterocycles. The summed E-state index contributed by atoms with van der Waals surface area (Å²) < 4.78 is 4.38. The summed E-state index contributed by atoms with van der Waals surface area (Å²) in [5.41, 5.74) is 0.561. The van der Waals surface area contributed by atoms with Crippen LogP contribution in [-0.2, 0) is 13.1 Å². The molecular weight excluding hydrogens is 328 g/mol. The largest absolute Gasteiger partial charge is 0.337 e. The number of aryl methyl sites for hydroxylation is 1. The van der Waals surface area contributed by atoms with Gasteiger partial charge in [-0.25, -0.2) is 14.3 Å². The van der Waals surface area contributed by atoms with Crippen LogP contribution in [0, 0.1) is 0 Å². The molecule has 0 aliphatic heterocycles. The summed E-state index contributed by atoms with van der Waals surface area (Å²) in [5.74, 6) is 0. The molecule has 6 nitrogen and oxygen atoms in total. The van der Waals surface area contributed by atoms with Crippen molar-refractivity contribution in [3.05, 3.63) is 69.1 Å². The van der Waals surface area contributed by atoms with Crippen molar-refractivity contribution in [1.29, 1.82) is 0 Å². The van der Waals surface area contributed by atoms with E-state index < -0.39 is 5.69 Å². The van der Waals surface area contributed by atoms with Crippen molar-refractivity contribution in [3.63, 3.8) is 0 Å². The van der Waals surface area contributed by atoms with Gasteiger partial charge in [0.15, 0.2) is 11.2 Å². The molecule has 0 N–H and O–H groups in total. The predicted molar refractivity (Wildman–Crippen MR) is 95.1 cm³/mol. The molecule has 7 heteroatoms. The minimum Gasteiger partial charge on any atom is -0.325 e. The van der Waals surface area contributed by atoms with E-state index in [-0.39, 0.29) is 12.1 Å². The highest BCUT2D eigenvalue weighted by atomic mass is 35.5. The molecule has 1 aromatic carbocycles. The average molecular weight is 345 g/mol. The molecule has 0 fully saturated rings. The SMILES string of the molecule is C=CCn1c(=O)c2c(ncn2CCC)n(-c2ccc(Cl)cc2)c1=O. The number of hydrogen-bond donors (Lipinski definition) is 0. The van der Waals surface area contributed by atoms with Crippen LogP contribution in [-0.4, -0.2) is 18.7 Å². The summed E-state index contributed by atoms with van der Waals surface area (Å²) in [5, 5.41) is 0.568. The highest BCUT2D eigenvalue weighted by Gasteiger charge is 2.18. The summed E-state index contributed by atoms with van der Waals surface area (Å²) >= 11 is 5.93. The molecule has 0 unspecified atom stereocenters. The smallest absolute Gasteiger partial charge is 0.325 e. The van der Waals surface area contributed by atoms with Gasteiger partial charge in [-0.05, 0) is 30.7 Å². The molecule has 0 radical (unpaired) electrons. The first-order chi connectivity index (χ1) is 11.6. The minimum absolute atomic E-state index is 0.137. The zero-order valence-corrected chi connectivity index (χ0v) is 14.0. The Morgan fingerprint density at radius 1 is 1.25 bits per heavy atom. The molecule has 0 saturated carbocycles. The lowest BCUT2D eigenvalue weighted by Crippen LogP contribution is -2.39. The lowest BCUT2D eigenvalue weighted by atomic mass is 10.3. The second kappa shape index (κ2) is 6.49. The first kappa shape index (κ1) is 16.3. The number of halogens is 1. The first-order valence-corrected chi connectivity index (χ1v) is 8.03. The van der Waals surface area contributed by atoms with E-state index in [2.05, 4.69) is 11.6 Å². The van der Waals surface area contributed by atoms with Crippen LogP contribution in [0.1, 0.15) is 13.3 Å². The molecule has 124 valence electrons. The summed E-state index contributed by atoms with van der Waals surface area (Å²) in [4.78, 5) is 29.9. The lowest BCUT2D eigenvalue weighted by Gasteiger charge is -2.11. The zero-order valence-electron chi connectivity index (χ0n) is 13.3. The van der Waals surface area contributed by atoms with E-state index in [9.17, 15) is 9.59 Å². The molecule has 0 spiro atoms. The molecule has 0 aliphatic rings. The monoisotopic (exact) mass is 344 g/mol. The normalized spacial score (nSPS) is 11.1. The number of allylic oxidation sites excluding steroid dienone is 1. The maximum atomic E-state index is 12.8. The fourth-order valence-corrected chi connectivity index (χ4v) is 2.83. The van der Waals surface area contributed by atoms with E-state index in [0.29, 0.717) is 28.4 Å². The Hall–Kier alpha value is -2.60. The average Bonchev–Trinajstić information content (AvgIpc) is 2.97. The maximum absolute atomic E-state index is 12.8. The van der Waals surface area contributed by atoms with Crippen LogP contribution in [0.25, 0.3) is 16.9 Å². The molecule has 3 aromatic rings. The number of benzene rings is 1. The van der Waals surface area contributed by atoms with Crippen LogP contribution < -0.4 is 11.2 Å². The number of nitrogens with zero attached hydrogens (tertiary/aromatic N) is 4. The molecular formula is C17H17ClN4O2. The van der Waals surface area contributed by atoms with Gasteiger partial charge in [-0.2, -0.15) is 0 Å². The van der Waals surface area contributed by atoms with Gasteiger partial charge in [0.1, 0.15) is 0 Å². The van der Waals surface area contributed by atoms with Crippen LogP contribution in [0.4, 0.5) is 0 Å². The molecule has 0 amide bonds. The number of hydrogen-bond acceptors (Lipinski definition) is 3. The van der Waals surface area contributed by atoms with Crippen LogP contribution in [0.15, 0.2) is 52.8 Å². The quantitative estimate of drug-likeness (QED) is 0.668. The van der Waals surface area contributed by atoms with Crippen molar-refractivity contribution in [1.82, 2.24) is 18.7 Å². The Morgan fingerprint density at radius 3 is 2.58 bits per heavy atom. The van der Waals surface area contributed by atoms with Crippen molar-refractivity contribution in [2.75, 3.05) is 0 Å². The molecule has 2 heterocycles. The molecule has 2 aromatic heterocycles. The summed E-state index contributed by atoms with van der Waals surface area (Å²) in [6.45, 7) is 6.44. The maximum Gasteiger partial charge on any atom is 0.337 e. The van der Waals surface area contributed by atoms with Gasteiger partial charge in [0.05, 0.1) is 12.0 Å². The van der Waals surface area contributed by atoms with E-state index in [1.54, 1.807) is 35.2 Å². The van der Waals surface area contributed by atoms with Crippen molar-refractivity contribution < 1.29 is 0 Å². The van der Waals surface area contributed by atoms with Gasteiger partial charge in [0.25, 0.3) is 5.56 Å². The van der Waals surface area contributed by atoms with E-state index in [0.717, 1.165) is 11.0 Å². The van der Waals surface area contributed by atoms with Crippen molar-refractivity contribution in [3.8, 4) is 5.69 Å². The van der Waals surface area contributed by atoms with E-state index in [1.165, 1.54) is 10.6 Å².